The molecular weight excluding hydrogens is 248 g/mol. The predicted octanol–water partition coefficient (Wildman–Crippen LogP) is 3.97. The van der Waals surface area contributed by atoms with E-state index in [0.717, 1.165) is 24.5 Å². The van der Waals surface area contributed by atoms with Crippen molar-refractivity contribution >= 4 is 17.5 Å². The first-order valence-corrected chi connectivity index (χ1v) is 7.02. The molecule has 0 fully saturated rings. The first-order chi connectivity index (χ1) is 9.60. The Labute approximate surface area is 120 Å². The molecule has 0 amide bonds. The summed E-state index contributed by atoms with van der Waals surface area (Å²) in [7, 11) is 0. The van der Waals surface area contributed by atoms with Crippen LogP contribution in [0, 0.1) is 20.8 Å². The molecule has 1 heterocycles. The summed E-state index contributed by atoms with van der Waals surface area (Å²) in [6.07, 6.45) is 2.84. The van der Waals surface area contributed by atoms with Crippen molar-refractivity contribution in [3.63, 3.8) is 0 Å². The molecule has 0 aliphatic rings. The number of nitrogens with zero attached hydrogens (tertiary/aromatic N) is 2. The van der Waals surface area contributed by atoms with Crippen LogP contribution in [-0.4, -0.2) is 16.5 Å². The lowest BCUT2D eigenvalue weighted by Crippen LogP contribution is -2.05. The molecule has 0 aliphatic carbocycles. The quantitative estimate of drug-likeness (QED) is 0.863. The summed E-state index contributed by atoms with van der Waals surface area (Å²) in [5, 5.41) is 6.59. The van der Waals surface area contributed by atoms with Crippen LogP contribution >= 0.6 is 0 Å². The second-order valence-corrected chi connectivity index (χ2v) is 5.09. The predicted molar refractivity (Wildman–Crippen MR) is 84.7 cm³/mol. The third kappa shape index (κ3) is 3.47. The number of benzene rings is 1. The molecule has 0 radical (unpaired) electrons. The maximum Gasteiger partial charge on any atom is 0.229 e. The van der Waals surface area contributed by atoms with Gasteiger partial charge in [-0.3, -0.25) is 0 Å². The molecule has 0 bridgehead atoms. The van der Waals surface area contributed by atoms with Gasteiger partial charge in [-0.1, -0.05) is 24.6 Å². The molecule has 1 aromatic heterocycles. The van der Waals surface area contributed by atoms with Gasteiger partial charge in [-0.15, -0.1) is 0 Å². The van der Waals surface area contributed by atoms with Crippen molar-refractivity contribution in [2.45, 2.75) is 34.1 Å². The lowest BCUT2D eigenvalue weighted by molar-refractivity contribution is 0.965. The molecule has 106 valence electrons. The van der Waals surface area contributed by atoms with E-state index in [2.05, 4.69) is 60.4 Å². The Kier molecular flexibility index (Phi) is 4.56. The minimum atomic E-state index is 0.626. The molecule has 0 unspecified atom stereocenters. The summed E-state index contributed by atoms with van der Waals surface area (Å²) >= 11 is 0. The first kappa shape index (κ1) is 14.3. The van der Waals surface area contributed by atoms with E-state index in [1.165, 1.54) is 16.7 Å². The second-order valence-electron chi connectivity index (χ2n) is 5.09. The number of hydrogen-bond donors (Lipinski definition) is 2. The Morgan fingerprint density at radius 3 is 2.45 bits per heavy atom. The summed E-state index contributed by atoms with van der Waals surface area (Å²) in [4.78, 5) is 8.76. The van der Waals surface area contributed by atoms with Crippen molar-refractivity contribution in [3.8, 4) is 0 Å². The van der Waals surface area contributed by atoms with Crippen molar-refractivity contribution < 1.29 is 0 Å². The Bertz CT molecular complexity index is 570. The highest BCUT2D eigenvalue weighted by atomic mass is 15.1. The summed E-state index contributed by atoms with van der Waals surface area (Å²) in [5.41, 5.74) is 4.77. The monoisotopic (exact) mass is 270 g/mol. The Morgan fingerprint density at radius 2 is 1.80 bits per heavy atom. The van der Waals surface area contributed by atoms with Gasteiger partial charge < -0.3 is 10.6 Å². The maximum atomic E-state index is 4.48. The van der Waals surface area contributed by atoms with E-state index in [-0.39, 0.29) is 0 Å². The van der Waals surface area contributed by atoms with Crippen LogP contribution in [0.5, 0.6) is 0 Å². The molecule has 2 N–H and O–H groups in total. The standard InChI is InChI=1S/C16H22N4/c1-5-7-17-14-6-8-18-16(19-14)20-15-12(3)9-11(2)10-13(15)4/h6,8-10H,5,7H2,1-4H3,(H2,17,18,19,20). The van der Waals surface area contributed by atoms with Crippen LogP contribution in [0.2, 0.25) is 0 Å². The fraction of sp³-hybridized carbons (Fsp3) is 0.375. The van der Waals surface area contributed by atoms with Gasteiger partial charge in [0.15, 0.2) is 0 Å². The average Bonchev–Trinajstić information content (AvgIpc) is 2.41. The fourth-order valence-electron chi connectivity index (χ4n) is 2.26. The van der Waals surface area contributed by atoms with Gasteiger partial charge in [0.1, 0.15) is 5.82 Å². The fourth-order valence-corrected chi connectivity index (χ4v) is 2.26. The third-order valence-corrected chi connectivity index (χ3v) is 3.13. The van der Waals surface area contributed by atoms with E-state index in [0.29, 0.717) is 5.95 Å². The molecule has 0 spiro atoms. The SMILES string of the molecule is CCCNc1ccnc(Nc2c(C)cc(C)cc2C)n1. The molecule has 0 saturated heterocycles. The summed E-state index contributed by atoms with van der Waals surface area (Å²) < 4.78 is 0. The second kappa shape index (κ2) is 6.37. The highest BCUT2D eigenvalue weighted by molar-refractivity contribution is 5.64. The lowest BCUT2D eigenvalue weighted by Gasteiger charge is -2.13. The minimum Gasteiger partial charge on any atom is -0.370 e. The van der Waals surface area contributed by atoms with Gasteiger partial charge >= 0.3 is 0 Å². The molecular formula is C16H22N4. The maximum absolute atomic E-state index is 4.48. The molecule has 2 rings (SSSR count). The van der Waals surface area contributed by atoms with Crippen LogP contribution in [0.1, 0.15) is 30.0 Å². The molecule has 0 aliphatic heterocycles. The highest BCUT2D eigenvalue weighted by Gasteiger charge is 2.06. The van der Waals surface area contributed by atoms with Gasteiger partial charge in [-0.25, -0.2) is 4.98 Å². The van der Waals surface area contributed by atoms with E-state index in [9.17, 15) is 0 Å². The van der Waals surface area contributed by atoms with Crippen LogP contribution < -0.4 is 10.6 Å². The Morgan fingerprint density at radius 1 is 1.10 bits per heavy atom. The van der Waals surface area contributed by atoms with Crippen LogP contribution in [0.25, 0.3) is 0 Å². The smallest absolute Gasteiger partial charge is 0.229 e. The highest BCUT2D eigenvalue weighted by Crippen LogP contribution is 2.24. The number of aryl methyl sites for hydroxylation is 3. The van der Waals surface area contributed by atoms with Crippen LogP contribution in [0.15, 0.2) is 24.4 Å². The van der Waals surface area contributed by atoms with Crippen LogP contribution in [-0.2, 0) is 0 Å². The van der Waals surface area contributed by atoms with Crippen molar-refractivity contribution in [1.82, 2.24) is 9.97 Å². The van der Waals surface area contributed by atoms with Crippen molar-refractivity contribution in [2.24, 2.45) is 0 Å². The average molecular weight is 270 g/mol. The summed E-state index contributed by atoms with van der Waals surface area (Å²) in [6, 6.07) is 6.21. The van der Waals surface area contributed by atoms with E-state index >= 15 is 0 Å². The largest absolute Gasteiger partial charge is 0.370 e. The zero-order chi connectivity index (χ0) is 14.5. The lowest BCUT2D eigenvalue weighted by atomic mass is 10.1. The van der Waals surface area contributed by atoms with Gasteiger partial charge in [0, 0.05) is 18.4 Å². The van der Waals surface area contributed by atoms with Crippen molar-refractivity contribution in [1.29, 1.82) is 0 Å². The normalized spacial score (nSPS) is 10.4. The van der Waals surface area contributed by atoms with Gasteiger partial charge in [0.2, 0.25) is 5.95 Å². The van der Waals surface area contributed by atoms with E-state index in [4.69, 9.17) is 0 Å². The first-order valence-electron chi connectivity index (χ1n) is 7.02. The zero-order valence-corrected chi connectivity index (χ0v) is 12.6. The summed E-state index contributed by atoms with van der Waals surface area (Å²) in [5.74, 6) is 1.48. The zero-order valence-electron chi connectivity index (χ0n) is 12.6. The molecule has 4 heteroatoms. The van der Waals surface area contributed by atoms with Crippen molar-refractivity contribution in [2.75, 3.05) is 17.2 Å². The minimum absolute atomic E-state index is 0.626. The molecule has 1 aromatic carbocycles. The molecule has 20 heavy (non-hydrogen) atoms. The van der Waals surface area contributed by atoms with E-state index < -0.39 is 0 Å². The van der Waals surface area contributed by atoms with Crippen LogP contribution in [0.4, 0.5) is 17.5 Å². The van der Waals surface area contributed by atoms with E-state index in [1.807, 2.05) is 6.07 Å². The summed E-state index contributed by atoms with van der Waals surface area (Å²) in [6.45, 7) is 9.35. The van der Waals surface area contributed by atoms with Gasteiger partial charge in [0.05, 0.1) is 0 Å². The number of rotatable bonds is 5. The number of nitrogens with one attached hydrogen (secondary N) is 2. The Balaban J connectivity index is 2.22. The third-order valence-electron chi connectivity index (χ3n) is 3.13. The van der Waals surface area contributed by atoms with Gasteiger partial charge in [-0.2, -0.15) is 4.98 Å². The van der Waals surface area contributed by atoms with Crippen LogP contribution in [0.3, 0.4) is 0 Å². The number of hydrogen-bond acceptors (Lipinski definition) is 4. The van der Waals surface area contributed by atoms with E-state index in [1.54, 1.807) is 6.20 Å². The van der Waals surface area contributed by atoms with Gasteiger partial charge in [-0.05, 0) is 44.4 Å². The number of anilines is 3. The van der Waals surface area contributed by atoms with Gasteiger partial charge in [0.25, 0.3) is 0 Å². The molecule has 4 nitrogen and oxygen atoms in total. The topological polar surface area (TPSA) is 49.8 Å². The van der Waals surface area contributed by atoms with Crippen molar-refractivity contribution in [3.05, 3.63) is 41.1 Å². The number of aromatic nitrogens is 2. The molecule has 0 atom stereocenters. The molecule has 0 saturated carbocycles. The Hall–Kier alpha value is -2.10. The molecule has 2 aromatic rings.